The second-order valence-corrected chi connectivity index (χ2v) is 3.04. The third kappa shape index (κ3) is 8.75. The number of hydrogen-bond donors (Lipinski definition) is 1. The highest BCUT2D eigenvalue weighted by Gasteiger charge is 2.26. The molecular formula is C15H31NO. The first-order valence-electron chi connectivity index (χ1n) is 6.32. The van der Waals surface area contributed by atoms with Crippen LogP contribution in [0.4, 0.5) is 0 Å². The van der Waals surface area contributed by atoms with Gasteiger partial charge in [-0.3, -0.25) is 5.32 Å². The van der Waals surface area contributed by atoms with Crippen LogP contribution in [0.2, 0.25) is 0 Å². The lowest BCUT2D eigenvalue weighted by Crippen LogP contribution is -2.43. The van der Waals surface area contributed by atoms with Gasteiger partial charge in [-0.15, -0.1) is 0 Å². The highest BCUT2D eigenvalue weighted by Crippen LogP contribution is 2.21. The van der Waals surface area contributed by atoms with Crippen LogP contribution < -0.4 is 5.32 Å². The molecule has 0 aliphatic heterocycles. The predicted molar refractivity (Wildman–Crippen MR) is 80.0 cm³/mol. The first-order valence-corrected chi connectivity index (χ1v) is 6.32. The van der Waals surface area contributed by atoms with Crippen molar-refractivity contribution < 1.29 is 4.74 Å². The Hall–Kier alpha value is -1.02. The molecule has 2 heteroatoms. The minimum atomic E-state index is -0.525. The van der Waals surface area contributed by atoms with Crippen LogP contribution in [-0.2, 0) is 4.74 Å². The number of nitrogens with one attached hydrogen (secondary N) is 1. The minimum absolute atomic E-state index is 0.525. The fourth-order valence-electron chi connectivity index (χ4n) is 1.19. The Morgan fingerprint density at radius 3 is 1.82 bits per heavy atom. The van der Waals surface area contributed by atoms with Crippen molar-refractivity contribution in [2.24, 2.45) is 0 Å². The molecule has 17 heavy (non-hydrogen) atoms. The topological polar surface area (TPSA) is 21.3 Å². The normalized spacial score (nSPS) is 13.1. The van der Waals surface area contributed by atoms with Crippen molar-refractivity contribution in [3.63, 3.8) is 0 Å². The van der Waals surface area contributed by atoms with Gasteiger partial charge in [-0.2, -0.15) is 0 Å². The molecule has 0 heterocycles. The molecule has 2 nitrogen and oxygen atoms in total. The van der Waals surface area contributed by atoms with E-state index in [1.165, 1.54) is 0 Å². The summed E-state index contributed by atoms with van der Waals surface area (Å²) in [5.74, 6) is 0.679. The molecule has 1 N–H and O–H groups in total. The zero-order valence-electron chi connectivity index (χ0n) is 13.0. The van der Waals surface area contributed by atoms with Crippen LogP contribution in [0.3, 0.4) is 0 Å². The molecule has 0 bridgehead atoms. The molecule has 0 aromatic heterocycles. The summed E-state index contributed by atoms with van der Waals surface area (Å²) in [4.78, 5) is 0. The Bertz CT molecular complexity index is 231. The maximum absolute atomic E-state index is 5.59. The number of rotatable bonds is 5. The van der Waals surface area contributed by atoms with Gasteiger partial charge >= 0.3 is 0 Å². The molecule has 0 aliphatic carbocycles. The van der Waals surface area contributed by atoms with Gasteiger partial charge in [0.1, 0.15) is 0 Å². The predicted octanol–water partition coefficient (Wildman–Crippen LogP) is 4.66. The number of allylic oxidation sites excluding steroid dienone is 2. The van der Waals surface area contributed by atoms with Gasteiger partial charge in [-0.25, -0.2) is 0 Å². The zero-order valence-corrected chi connectivity index (χ0v) is 13.0. The maximum Gasteiger partial charge on any atom is 0.183 e. The summed E-state index contributed by atoms with van der Waals surface area (Å²) >= 11 is 0. The second kappa shape index (κ2) is 13.0. The largest absolute Gasteiger partial charge is 0.474 e. The number of hydrogen-bond acceptors (Lipinski definition) is 2. The van der Waals surface area contributed by atoms with Crippen molar-refractivity contribution in [2.75, 3.05) is 7.05 Å². The van der Waals surface area contributed by atoms with Crippen LogP contribution in [0, 0.1) is 0 Å². The van der Waals surface area contributed by atoms with Crippen molar-refractivity contribution in [1.29, 1.82) is 0 Å². The molecule has 0 saturated carbocycles. The fraction of sp³-hybridized carbons (Fsp3) is 0.600. The SMILES string of the molecule is C=C/C(=C\C)C(C)(NC)OC(=C)C.CC.CC. The van der Waals surface area contributed by atoms with Gasteiger partial charge in [0.05, 0.1) is 5.76 Å². The van der Waals surface area contributed by atoms with E-state index in [2.05, 4.69) is 18.5 Å². The van der Waals surface area contributed by atoms with Gasteiger partial charge in [0, 0.05) is 5.57 Å². The summed E-state index contributed by atoms with van der Waals surface area (Å²) in [6.45, 7) is 21.2. The molecule has 0 aromatic rings. The van der Waals surface area contributed by atoms with Crippen molar-refractivity contribution in [1.82, 2.24) is 5.32 Å². The highest BCUT2D eigenvalue weighted by molar-refractivity contribution is 5.25. The first kappa shape index (κ1) is 21.3. The molecule has 0 spiro atoms. The van der Waals surface area contributed by atoms with E-state index in [0.29, 0.717) is 5.76 Å². The van der Waals surface area contributed by atoms with Crippen LogP contribution >= 0.6 is 0 Å². The molecular weight excluding hydrogens is 210 g/mol. The third-order valence-electron chi connectivity index (χ3n) is 1.94. The van der Waals surface area contributed by atoms with Gasteiger partial charge in [0.2, 0.25) is 0 Å². The molecule has 0 fully saturated rings. The van der Waals surface area contributed by atoms with Crippen molar-refractivity contribution in [2.45, 2.75) is 54.2 Å². The highest BCUT2D eigenvalue weighted by atomic mass is 16.5. The van der Waals surface area contributed by atoms with E-state index in [0.717, 1.165) is 5.57 Å². The molecule has 1 unspecified atom stereocenters. The lowest BCUT2D eigenvalue weighted by Gasteiger charge is -2.31. The summed E-state index contributed by atoms with van der Waals surface area (Å²) in [6.07, 6.45) is 3.74. The number of ether oxygens (including phenoxy) is 1. The fourth-order valence-corrected chi connectivity index (χ4v) is 1.19. The van der Waals surface area contributed by atoms with E-state index >= 15 is 0 Å². The Labute approximate surface area is 108 Å². The smallest absolute Gasteiger partial charge is 0.183 e. The summed E-state index contributed by atoms with van der Waals surface area (Å²) < 4.78 is 5.59. The van der Waals surface area contributed by atoms with Crippen molar-refractivity contribution >= 4 is 0 Å². The molecule has 0 radical (unpaired) electrons. The van der Waals surface area contributed by atoms with Crippen molar-refractivity contribution in [3.8, 4) is 0 Å². The maximum atomic E-state index is 5.59. The van der Waals surface area contributed by atoms with E-state index in [1.54, 1.807) is 6.08 Å². The van der Waals surface area contributed by atoms with Gasteiger partial charge in [0.15, 0.2) is 5.72 Å². The minimum Gasteiger partial charge on any atom is -0.474 e. The second-order valence-electron chi connectivity index (χ2n) is 3.04. The zero-order chi connectivity index (χ0) is 14.5. The van der Waals surface area contributed by atoms with E-state index in [4.69, 9.17) is 4.74 Å². The monoisotopic (exact) mass is 241 g/mol. The molecule has 0 saturated heterocycles. The van der Waals surface area contributed by atoms with Gasteiger partial charge in [-0.05, 0) is 27.8 Å². The van der Waals surface area contributed by atoms with Crippen LogP contribution in [0.15, 0.2) is 36.6 Å². The van der Waals surface area contributed by atoms with Gasteiger partial charge in [0.25, 0.3) is 0 Å². The van der Waals surface area contributed by atoms with Crippen LogP contribution in [-0.4, -0.2) is 12.8 Å². The quantitative estimate of drug-likeness (QED) is 0.429. The van der Waals surface area contributed by atoms with Crippen LogP contribution in [0.1, 0.15) is 48.5 Å². The molecule has 0 aliphatic rings. The molecule has 0 aromatic carbocycles. The summed E-state index contributed by atoms with van der Waals surface area (Å²) in [7, 11) is 1.84. The molecule has 0 rings (SSSR count). The van der Waals surface area contributed by atoms with E-state index < -0.39 is 5.72 Å². The first-order chi connectivity index (χ1) is 8.00. The van der Waals surface area contributed by atoms with Gasteiger partial charge in [-0.1, -0.05) is 53.0 Å². The van der Waals surface area contributed by atoms with Crippen LogP contribution in [0.5, 0.6) is 0 Å². The number of likely N-dealkylation sites (N-methyl/N-ethyl adjacent to an activating group) is 1. The summed E-state index contributed by atoms with van der Waals surface area (Å²) in [5, 5.41) is 3.09. The Kier molecular flexibility index (Phi) is 16.3. The Morgan fingerprint density at radius 2 is 1.65 bits per heavy atom. The average Bonchev–Trinajstić information content (AvgIpc) is 2.34. The van der Waals surface area contributed by atoms with Crippen molar-refractivity contribution in [3.05, 3.63) is 36.6 Å². The average molecular weight is 241 g/mol. The van der Waals surface area contributed by atoms with Gasteiger partial charge < -0.3 is 4.74 Å². The third-order valence-corrected chi connectivity index (χ3v) is 1.94. The Morgan fingerprint density at radius 1 is 1.24 bits per heavy atom. The molecule has 0 amide bonds. The van der Waals surface area contributed by atoms with E-state index in [-0.39, 0.29) is 0 Å². The Balaban J connectivity index is -0.000000439. The molecule has 1 atom stereocenters. The van der Waals surface area contributed by atoms with E-state index in [1.807, 2.05) is 61.6 Å². The summed E-state index contributed by atoms with van der Waals surface area (Å²) in [5.41, 5.74) is 0.473. The standard InChI is InChI=1S/C11H19NO.2C2H6/c1-7-10(8-2)11(5,12-6)13-9(3)4;2*1-2/h7-8,12H,1,3H2,2,4-6H3;2*1-2H3/b10-8+;;. The van der Waals surface area contributed by atoms with Crippen LogP contribution in [0.25, 0.3) is 0 Å². The lowest BCUT2D eigenvalue weighted by atomic mass is 10.0. The lowest BCUT2D eigenvalue weighted by molar-refractivity contribution is 0.0319. The molecule has 102 valence electrons. The summed E-state index contributed by atoms with van der Waals surface area (Å²) in [6, 6.07) is 0. The van der Waals surface area contributed by atoms with E-state index in [9.17, 15) is 0 Å².